The van der Waals surface area contributed by atoms with E-state index in [-0.39, 0.29) is 40.7 Å². The summed E-state index contributed by atoms with van der Waals surface area (Å²) in [7, 11) is 0. The second kappa shape index (κ2) is 5.60. The molecule has 3 aliphatic carbocycles. The van der Waals surface area contributed by atoms with Crippen LogP contribution in [0, 0.1) is 22.7 Å². The molecule has 26 heavy (non-hydrogen) atoms. The molecule has 6 atom stereocenters. The summed E-state index contributed by atoms with van der Waals surface area (Å²) in [5.74, 6) is 1.54. The summed E-state index contributed by atoms with van der Waals surface area (Å²) in [6, 6.07) is 2.06. The van der Waals surface area contributed by atoms with Crippen LogP contribution in [0.3, 0.4) is 0 Å². The first kappa shape index (κ1) is 18.1. The van der Waals surface area contributed by atoms with Gasteiger partial charge in [0.25, 0.3) is 0 Å². The van der Waals surface area contributed by atoms with Crippen molar-refractivity contribution in [1.82, 2.24) is 0 Å². The fourth-order valence-electron chi connectivity index (χ4n) is 6.89. The van der Waals surface area contributed by atoms with Crippen molar-refractivity contribution >= 4 is 5.97 Å². The van der Waals surface area contributed by atoms with Gasteiger partial charge in [0.2, 0.25) is 0 Å². The quantitative estimate of drug-likeness (QED) is 0.752. The number of carbonyl (C=O) groups excluding carboxylic acids is 1. The molecule has 0 bridgehead atoms. The van der Waals surface area contributed by atoms with Crippen LogP contribution >= 0.6 is 0 Å². The molecule has 0 spiro atoms. The fraction of sp³-hybridized carbons (Fsp3) is 0.773. The average molecular weight is 360 g/mol. The van der Waals surface area contributed by atoms with E-state index >= 15 is 0 Å². The fourth-order valence-corrected chi connectivity index (χ4v) is 6.89. The lowest BCUT2D eigenvalue weighted by atomic mass is 9.41. The lowest BCUT2D eigenvalue weighted by Crippen LogP contribution is -2.69. The molecule has 4 nitrogen and oxygen atoms in total. The monoisotopic (exact) mass is 360 g/mol. The Kier molecular flexibility index (Phi) is 3.90. The number of carbonyl (C=O) groups is 1. The molecule has 0 amide bonds. The molecule has 0 radical (unpaired) electrons. The summed E-state index contributed by atoms with van der Waals surface area (Å²) in [6.45, 7) is 10.3. The van der Waals surface area contributed by atoms with Gasteiger partial charge in [0, 0.05) is 31.1 Å². The summed E-state index contributed by atoms with van der Waals surface area (Å²) in [5, 5.41) is 12.1. The van der Waals surface area contributed by atoms with Crippen LogP contribution < -0.4 is 0 Å². The third-order valence-electron chi connectivity index (χ3n) is 8.34. The second-order valence-corrected chi connectivity index (χ2v) is 9.84. The average Bonchev–Trinajstić information content (AvgIpc) is 2.99. The SMILES string of the molecule is CC(=O)O[C@H]1C[C@@]2(O)C(C)(C)CCC[C@]2(C)[C@H]2Cc3occc3[C@H](C)[C@H]12. The molecule has 0 aromatic carbocycles. The van der Waals surface area contributed by atoms with Gasteiger partial charge in [-0.05, 0) is 41.7 Å². The van der Waals surface area contributed by atoms with Crippen LogP contribution in [0.25, 0.3) is 0 Å². The maximum absolute atomic E-state index is 12.1. The first-order valence-corrected chi connectivity index (χ1v) is 10.1. The van der Waals surface area contributed by atoms with E-state index in [1.807, 2.05) is 0 Å². The Balaban J connectivity index is 1.85. The Labute approximate surface area is 156 Å². The maximum Gasteiger partial charge on any atom is 0.302 e. The highest BCUT2D eigenvalue weighted by molar-refractivity contribution is 5.66. The molecule has 1 aromatic heterocycles. The Morgan fingerprint density at radius 2 is 2.04 bits per heavy atom. The van der Waals surface area contributed by atoms with Gasteiger partial charge in [0.15, 0.2) is 0 Å². The lowest BCUT2D eigenvalue weighted by Gasteiger charge is -2.67. The lowest BCUT2D eigenvalue weighted by molar-refractivity contribution is -0.266. The van der Waals surface area contributed by atoms with Crippen LogP contribution in [0.15, 0.2) is 16.7 Å². The molecular weight excluding hydrogens is 328 g/mol. The van der Waals surface area contributed by atoms with Crippen molar-refractivity contribution in [1.29, 1.82) is 0 Å². The summed E-state index contributed by atoms with van der Waals surface area (Å²) < 4.78 is 11.7. The molecule has 1 aromatic rings. The number of ether oxygens (including phenoxy) is 1. The minimum Gasteiger partial charge on any atom is -0.469 e. The summed E-state index contributed by atoms with van der Waals surface area (Å²) in [5.41, 5.74) is 0.00120. The number of hydrogen-bond donors (Lipinski definition) is 1. The highest BCUT2D eigenvalue weighted by Gasteiger charge is 2.68. The third kappa shape index (κ3) is 2.20. The number of esters is 1. The number of fused-ring (bicyclic) bond motifs is 4. The molecule has 144 valence electrons. The zero-order chi connectivity index (χ0) is 18.9. The van der Waals surface area contributed by atoms with Gasteiger partial charge in [-0.3, -0.25) is 4.79 Å². The first-order chi connectivity index (χ1) is 12.1. The van der Waals surface area contributed by atoms with Gasteiger partial charge in [-0.25, -0.2) is 0 Å². The van der Waals surface area contributed by atoms with E-state index in [2.05, 4.69) is 33.8 Å². The normalized spacial score (nSPS) is 43.8. The molecule has 4 heteroatoms. The minimum atomic E-state index is -0.844. The maximum atomic E-state index is 12.1. The summed E-state index contributed by atoms with van der Waals surface area (Å²) >= 11 is 0. The van der Waals surface area contributed by atoms with Crippen molar-refractivity contribution in [2.45, 2.75) is 84.3 Å². The Morgan fingerprint density at radius 1 is 1.31 bits per heavy atom. The van der Waals surface area contributed by atoms with Crippen molar-refractivity contribution in [3.8, 4) is 0 Å². The second-order valence-electron chi connectivity index (χ2n) is 9.84. The van der Waals surface area contributed by atoms with Gasteiger partial charge in [0.05, 0.1) is 11.9 Å². The van der Waals surface area contributed by atoms with Gasteiger partial charge in [-0.15, -0.1) is 0 Å². The van der Waals surface area contributed by atoms with Crippen molar-refractivity contribution in [2.24, 2.45) is 22.7 Å². The van der Waals surface area contributed by atoms with Gasteiger partial charge in [0.1, 0.15) is 11.9 Å². The van der Waals surface area contributed by atoms with Crippen molar-refractivity contribution in [2.75, 3.05) is 0 Å². The van der Waals surface area contributed by atoms with Crippen molar-refractivity contribution in [3.63, 3.8) is 0 Å². The van der Waals surface area contributed by atoms with Gasteiger partial charge >= 0.3 is 5.97 Å². The van der Waals surface area contributed by atoms with Crippen LogP contribution in [-0.4, -0.2) is 22.8 Å². The summed E-state index contributed by atoms with van der Waals surface area (Å²) in [6.07, 6.45) is 6.05. The highest BCUT2D eigenvalue weighted by Crippen LogP contribution is 2.67. The smallest absolute Gasteiger partial charge is 0.302 e. The highest BCUT2D eigenvalue weighted by atomic mass is 16.5. The zero-order valence-electron chi connectivity index (χ0n) is 16.7. The number of hydrogen-bond acceptors (Lipinski definition) is 4. The van der Waals surface area contributed by atoms with Crippen LogP contribution in [0.2, 0.25) is 0 Å². The molecule has 1 heterocycles. The number of furan rings is 1. The van der Waals surface area contributed by atoms with Gasteiger partial charge in [-0.2, -0.15) is 0 Å². The third-order valence-corrected chi connectivity index (χ3v) is 8.34. The van der Waals surface area contributed by atoms with Crippen molar-refractivity contribution < 1.29 is 19.1 Å². The predicted octanol–water partition coefficient (Wildman–Crippen LogP) is 4.45. The molecule has 4 rings (SSSR count). The van der Waals surface area contributed by atoms with Gasteiger partial charge in [-0.1, -0.05) is 34.1 Å². The zero-order valence-corrected chi connectivity index (χ0v) is 16.7. The molecular formula is C22H32O4. The van der Waals surface area contributed by atoms with Crippen LogP contribution in [0.5, 0.6) is 0 Å². The van der Waals surface area contributed by atoms with E-state index in [0.717, 1.165) is 31.4 Å². The topological polar surface area (TPSA) is 59.7 Å². The summed E-state index contributed by atoms with van der Waals surface area (Å²) in [4.78, 5) is 11.9. The minimum absolute atomic E-state index is 0.198. The molecule has 0 unspecified atom stereocenters. The van der Waals surface area contributed by atoms with E-state index in [0.29, 0.717) is 6.42 Å². The molecule has 1 N–H and O–H groups in total. The number of rotatable bonds is 1. The van der Waals surface area contributed by atoms with E-state index < -0.39 is 5.60 Å². The molecule has 2 saturated carbocycles. The Morgan fingerprint density at radius 3 is 2.73 bits per heavy atom. The van der Waals surface area contributed by atoms with Crippen LogP contribution in [0.1, 0.15) is 77.5 Å². The van der Waals surface area contributed by atoms with Crippen molar-refractivity contribution in [3.05, 3.63) is 23.7 Å². The largest absolute Gasteiger partial charge is 0.469 e. The molecule has 0 aliphatic heterocycles. The Hall–Kier alpha value is -1.29. The molecule has 2 fully saturated rings. The standard InChI is InChI=1S/C22H32O4/c1-13-15-7-10-25-17(15)11-16-19(13)18(26-14(2)23)12-22(24)20(3,4)8-6-9-21(16,22)5/h7,10,13,16,18-19,24H,6,8-9,11-12H2,1-5H3/t13-,16-,18-,19-,21+,22+/m0/s1. The molecule has 0 saturated heterocycles. The number of aliphatic hydroxyl groups is 1. The van der Waals surface area contributed by atoms with Crippen LogP contribution in [0.4, 0.5) is 0 Å². The van der Waals surface area contributed by atoms with E-state index in [1.54, 1.807) is 6.26 Å². The van der Waals surface area contributed by atoms with E-state index in [9.17, 15) is 9.90 Å². The van der Waals surface area contributed by atoms with E-state index in [4.69, 9.17) is 9.15 Å². The van der Waals surface area contributed by atoms with Crippen LogP contribution in [-0.2, 0) is 16.0 Å². The van der Waals surface area contributed by atoms with Gasteiger partial charge < -0.3 is 14.3 Å². The first-order valence-electron chi connectivity index (χ1n) is 10.1. The predicted molar refractivity (Wildman–Crippen MR) is 98.7 cm³/mol. The molecule has 3 aliphatic rings. The Bertz CT molecular complexity index is 719. The van der Waals surface area contributed by atoms with E-state index in [1.165, 1.54) is 12.5 Å².